The van der Waals surface area contributed by atoms with E-state index in [0.29, 0.717) is 12.1 Å². The molecule has 0 aliphatic heterocycles. The van der Waals surface area contributed by atoms with Gasteiger partial charge in [0.05, 0.1) is 5.56 Å². The van der Waals surface area contributed by atoms with Gasteiger partial charge in [-0.15, -0.1) is 0 Å². The zero-order valence-electron chi connectivity index (χ0n) is 10.9. The van der Waals surface area contributed by atoms with Crippen LogP contribution in [0.4, 0.5) is 5.69 Å². The monoisotopic (exact) mass is 265 g/mol. The molecule has 0 atom stereocenters. The highest BCUT2D eigenvalue weighted by atomic mass is 16.1. The molecule has 4 nitrogen and oxygen atoms in total. The summed E-state index contributed by atoms with van der Waals surface area (Å²) in [5.41, 5.74) is 8.93. The molecule has 4 heteroatoms. The van der Waals surface area contributed by atoms with Crippen molar-refractivity contribution in [3.8, 4) is 0 Å². The molecule has 1 heterocycles. The number of nitrogens with one attached hydrogen (secondary N) is 2. The van der Waals surface area contributed by atoms with Gasteiger partial charge in [-0.1, -0.05) is 30.3 Å². The minimum absolute atomic E-state index is 0.128. The van der Waals surface area contributed by atoms with Crippen LogP contribution in [-0.2, 0) is 6.54 Å². The van der Waals surface area contributed by atoms with Crippen LogP contribution in [-0.4, -0.2) is 10.9 Å². The van der Waals surface area contributed by atoms with E-state index in [9.17, 15) is 4.79 Å². The van der Waals surface area contributed by atoms with Crippen LogP contribution in [0.25, 0.3) is 10.9 Å². The first-order valence-corrected chi connectivity index (χ1v) is 6.44. The van der Waals surface area contributed by atoms with Gasteiger partial charge in [0.1, 0.15) is 0 Å². The number of carbonyl (C=O) groups is 1. The van der Waals surface area contributed by atoms with E-state index in [1.165, 1.54) is 0 Å². The second-order valence-corrected chi connectivity index (χ2v) is 4.61. The molecule has 1 amide bonds. The van der Waals surface area contributed by atoms with Crippen LogP contribution in [0.2, 0.25) is 0 Å². The van der Waals surface area contributed by atoms with Gasteiger partial charge in [-0.3, -0.25) is 4.79 Å². The van der Waals surface area contributed by atoms with E-state index < -0.39 is 0 Å². The maximum atomic E-state index is 12.3. The molecule has 0 bridgehead atoms. The molecule has 3 aromatic rings. The fourth-order valence-electron chi connectivity index (χ4n) is 2.23. The Morgan fingerprint density at radius 2 is 2.00 bits per heavy atom. The van der Waals surface area contributed by atoms with Crippen molar-refractivity contribution in [1.82, 2.24) is 4.98 Å². The Balaban J connectivity index is 1.89. The third-order valence-electron chi connectivity index (χ3n) is 3.25. The molecule has 0 unspecified atom stereocenters. The van der Waals surface area contributed by atoms with Crippen molar-refractivity contribution in [2.24, 2.45) is 5.73 Å². The number of hydrogen-bond donors (Lipinski definition) is 3. The summed E-state index contributed by atoms with van der Waals surface area (Å²) in [7, 11) is 0. The average molecular weight is 265 g/mol. The lowest BCUT2D eigenvalue weighted by Gasteiger charge is -2.06. The molecule has 1 aromatic heterocycles. The Bertz CT molecular complexity index is 761. The van der Waals surface area contributed by atoms with E-state index in [2.05, 4.69) is 10.3 Å². The van der Waals surface area contributed by atoms with Crippen molar-refractivity contribution in [2.45, 2.75) is 6.54 Å². The average Bonchev–Trinajstić information content (AvgIpc) is 2.91. The van der Waals surface area contributed by atoms with Crippen LogP contribution in [0.1, 0.15) is 15.9 Å². The summed E-state index contributed by atoms with van der Waals surface area (Å²) in [5, 5.41) is 3.81. The predicted octanol–water partition coefficient (Wildman–Crippen LogP) is 2.88. The number of amides is 1. The molecule has 20 heavy (non-hydrogen) atoms. The lowest BCUT2D eigenvalue weighted by molar-refractivity contribution is 0.102. The number of carbonyl (C=O) groups excluding carboxylic acids is 1. The van der Waals surface area contributed by atoms with E-state index in [1.807, 2.05) is 48.5 Å². The van der Waals surface area contributed by atoms with E-state index in [1.54, 1.807) is 6.20 Å². The first-order chi connectivity index (χ1) is 9.78. The van der Waals surface area contributed by atoms with E-state index in [0.717, 1.165) is 22.2 Å². The number of aromatic nitrogens is 1. The Hall–Kier alpha value is -2.59. The van der Waals surface area contributed by atoms with E-state index >= 15 is 0 Å². The van der Waals surface area contributed by atoms with Gasteiger partial charge in [0.2, 0.25) is 0 Å². The maximum absolute atomic E-state index is 12.3. The highest BCUT2D eigenvalue weighted by molar-refractivity contribution is 6.12. The van der Waals surface area contributed by atoms with Crippen molar-refractivity contribution >= 4 is 22.5 Å². The number of anilines is 1. The molecule has 0 aliphatic rings. The number of H-pyrrole nitrogens is 1. The SMILES string of the molecule is NCc1cccc(NC(=O)c2c[nH]c3ccccc23)c1. The Morgan fingerprint density at radius 3 is 2.85 bits per heavy atom. The van der Waals surface area contributed by atoms with Crippen LogP contribution in [0.15, 0.2) is 54.7 Å². The summed E-state index contributed by atoms with van der Waals surface area (Å²) in [4.78, 5) is 15.4. The first-order valence-electron chi connectivity index (χ1n) is 6.44. The summed E-state index contributed by atoms with van der Waals surface area (Å²) in [5.74, 6) is -0.128. The molecule has 0 fully saturated rings. The molecular formula is C16H15N3O. The highest BCUT2D eigenvalue weighted by Crippen LogP contribution is 2.19. The Labute approximate surface area is 116 Å². The largest absolute Gasteiger partial charge is 0.360 e. The standard InChI is InChI=1S/C16H15N3O/c17-9-11-4-3-5-12(8-11)19-16(20)14-10-18-15-7-2-1-6-13(14)15/h1-8,10,18H,9,17H2,(H,19,20). The summed E-state index contributed by atoms with van der Waals surface area (Å²) in [6.07, 6.45) is 1.73. The Kier molecular flexibility index (Phi) is 3.23. The normalized spacial score (nSPS) is 10.7. The second-order valence-electron chi connectivity index (χ2n) is 4.61. The number of benzene rings is 2. The van der Waals surface area contributed by atoms with E-state index in [4.69, 9.17) is 5.73 Å². The number of hydrogen-bond acceptors (Lipinski definition) is 2. The minimum Gasteiger partial charge on any atom is -0.360 e. The fraction of sp³-hybridized carbons (Fsp3) is 0.0625. The molecular weight excluding hydrogens is 250 g/mol. The fourth-order valence-corrected chi connectivity index (χ4v) is 2.23. The number of rotatable bonds is 3. The van der Waals surface area contributed by atoms with Gasteiger partial charge >= 0.3 is 0 Å². The lowest BCUT2D eigenvalue weighted by Crippen LogP contribution is -2.11. The third kappa shape index (κ3) is 2.29. The van der Waals surface area contributed by atoms with Crippen molar-refractivity contribution in [1.29, 1.82) is 0 Å². The van der Waals surface area contributed by atoms with Crippen LogP contribution < -0.4 is 11.1 Å². The molecule has 3 rings (SSSR count). The van der Waals surface area contributed by atoms with Crippen molar-refractivity contribution in [2.75, 3.05) is 5.32 Å². The van der Waals surface area contributed by atoms with Gasteiger partial charge < -0.3 is 16.0 Å². The maximum Gasteiger partial charge on any atom is 0.257 e. The lowest BCUT2D eigenvalue weighted by atomic mass is 10.1. The van der Waals surface area contributed by atoms with Gasteiger partial charge in [0.25, 0.3) is 5.91 Å². The van der Waals surface area contributed by atoms with Crippen molar-refractivity contribution < 1.29 is 4.79 Å². The zero-order chi connectivity index (χ0) is 13.9. The van der Waals surface area contributed by atoms with Crippen molar-refractivity contribution in [3.05, 3.63) is 65.9 Å². The molecule has 0 spiro atoms. The van der Waals surface area contributed by atoms with Gasteiger partial charge in [0, 0.05) is 29.3 Å². The minimum atomic E-state index is -0.128. The molecule has 0 saturated carbocycles. The number of para-hydroxylation sites is 1. The smallest absolute Gasteiger partial charge is 0.257 e. The molecule has 4 N–H and O–H groups in total. The van der Waals surface area contributed by atoms with Gasteiger partial charge in [-0.05, 0) is 23.8 Å². The topological polar surface area (TPSA) is 70.9 Å². The highest BCUT2D eigenvalue weighted by Gasteiger charge is 2.11. The van der Waals surface area contributed by atoms with Crippen molar-refractivity contribution in [3.63, 3.8) is 0 Å². The number of nitrogens with two attached hydrogens (primary N) is 1. The molecule has 0 radical (unpaired) electrons. The summed E-state index contributed by atoms with van der Waals surface area (Å²) >= 11 is 0. The molecule has 100 valence electrons. The van der Waals surface area contributed by atoms with E-state index in [-0.39, 0.29) is 5.91 Å². The van der Waals surface area contributed by atoms with Crippen LogP contribution >= 0.6 is 0 Å². The number of aromatic amines is 1. The molecule has 2 aromatic carbocycles. The Morgan fingerprint density at radius 1 is 1.15 bits per heavy atom. The van der Waals surface area contributed by atoms with Gasteiger partial charge in [-0.25, -0.2) is 0 Å². The first kappa shape index (κ1) is 12.4. The third-order valence-corrected chi connectivity index (χ3v) is 3.25. The quantitative estimate of drug-likeness (QED) is 0.681. The second kappa shape index (κ2) is 5.19. The van der Waals surface area contributed by atoms with Gasteiger partial charge in [-0.2, -0.15) is 0 Å². The zero-order valence-corrected chi connectivity index (χ0v) is 10.9. The molecule has 0 saturated heterocycles. The molecule has 0 aliphatic carbocycles. The summed E-state index contributed by atoms with van der Waals surface area (Å²) in [6, 6.07) is 15.3. The van der Waals surface area contributed by atoms with Crippen LogP contribution in [0.3, 0.4) is 0 Å². The summed E-state index contributed by atoms with van der Waals surface area (Å²) < 4.78 is 0. The number of fused-ring (bicyclic) bond motifs is 1. The van der Waals surface area contributed by atoms with Crippen LogP contribution in [0, 0.1) is 0 Å². The predicted molar refractivity (Wildman–Crippen MR) is 80.6 cm³/mol. The van der Waals surface area contributed by atoms with Gasteiger partial charge in [0.15, 0.2) is 0 Å². The summed E-state index contributed by atoms with van der Waals surface area (Å²) in [6.45, 7) is 0.455. The van der Waals surface area contributed by atoms with Crippen LogP contribution in [0.5, 0.6) is 0 Å².